The minimum absolute atomic E-state index is 0.0409. The highest BCUT2D eigenvalue weighted by Crippen LogP contribution is 2.28. The van der Waals surface area contributed by atoms with Gasteiger partial charge in [-0.25, -0.2) is 9.97 Å². The number of anilines is 1. The Balaban J connectivity index is 1.56. The summed E-state index contributed by atoms with van der Waals surface area (Å²) >= 11 is 0. The molecule has 150 valence electrons. The number of amides is 1. The molecule has 4 rings (SSSR count). The smallest absolute Gasteiger partial charge is 0.227 e. The van der Waals surface area contributed by atoms with E-state index in [4.69, 9.17) is 14.7 Å². The fraction of sp³-hybridized carbons (Fsp3) is 0.591. The van der Waals surface area contributed by atoms with Crippen LogP contribution in [0.3, 0.4) is 0 Å². The van der Waals surface area contributed by atoms with E-state index in [-0.39, 0.29) is 5.92 Å². The largest absolute Gasteiger partial charge is 0.497 e. The zero-order valence-corrected chi connectivity index (χ0v) is 17.1. The molecular formula is C22H30N4O2. The van der Waals surface area contributed by atoms with E-state index in [9.17, 15) is 4.79 Å². The molecule has 2 fully saturated rings. The fourth-order valence-electron chi connectivity index (χ4n) is 4.54. The third-order valence-electron chi connectivity index (χ3n) is 6.22. The molecule has 2 aromatic rings. The molecule has 1 amide bonds. The lowest BCUT2D eigenvalue weighted by Crippen LogP contribution is -2.49. The van der Waals surface area contributed by atoms with Crippen LogP contribution in [0.4, 0.5) is 5.95 Å². The van der Waals surface area contributed by atoms with Gasteiger partial charge in [0.05, 0.1) is 24.2 Å². The van der Waals surface area contributed by atoms with Crippen LogP contribution in [-0.2, 0) is 4.79 Å². The van der Waals surface area contributed by atoms with E-state index in [1.807, 2.05) is 25.1 Å². The number of piperidine rings is 2. The predicted molar refractivity (Wildman–Crippen MR) is 111 cm³/mol. The summed E-state index contributed by atoms with van der Waals surface area (Å²) in [6.45, 7) is 6.70. The number of likely N-dealkylation sites (tertiary alicyclic amines) is 1. The SMILES string of the molecule is COc1ccc2c(C)nc(N3CCC[C@H](C(=O)N4CCCC[C@H]4C)C3)nc2c1. The molecule has 0 N–H and O–H groups in total. The van der Waals surface area contributed by atoms with E-state index in [1.54, 1.807) is 7.11 Å². The van der Waals surface area contributed by atoms with E-state index < -0.39 is 0 Å². The molecule has 0 bridgehead atoms. The van der Waals surface area contributed by atoms with Gasteiger partial charge in [0.2, 0.25) is 11.9 Å². The van der Waals surface area contributed by atoms with Crippen molar-refractivity contribution in [2.45, 2.75) is 52.0 Å². The van der Waals surface area contributed by atoms with Gasteiger partial charge in [0, 0.05) is 37.1 Å². The number of carbonyl (C=O) groups is 1. The van der Waals surface area contributed by atoms with Crippen LogP contribution in [0.1, 0.15) is 44.7 Å². The highest BCUT2D eigenvalue weighted by atomic mass is 16.5. The van der Waals surface area contributed by atoms with E-state index in [2.05, 4.69) is 16.7 Å². The maximum atomic E-state index is 13.1. The molecule has 1 aromatic carbocycles. The number of aryl methyl sites for hydroxylation is 1. The molecule has 0 aliphatic carbocycles. The maximum absolute atomic E-state index is 13.1. The average Bonchev–Trinajstić information content (AvgIpc) is 2.73. The van der Waals surface area contributed by atoms with Crippen LogP contribution < -0.4 is 9.64 Å². The number of nitrogens with zero attached hydrogens (tertiary/aromatic N) is 4. The monoisotopic (exact) mass is 382 g/mol. The molecule has 0 unspecified atom stereocenters. The standard InChI is InChI=1S/C22H30N4O2/c1-15-7-4-5-12-26(15)21(27)17-8-6-11-25(14-17)22-23-16(2)19-10-9-18(28-3)13-20(19)24-22/h9-10,13,15,17H,4-8,11-12,14H2,1-3H3/t15-,17+/m1/s1. The van der Waals surface area contributed by atoms with Crippen LogP contribution in [0, 0.1) is 12.8 Å². The molecule has 6 nitrogen and oxygen atoms in total. The number of aromatic nitrogens is 2. The molecule has 2 atom stereocenters. The number of hydrogen-bond acceptors (Lipinski definition) is 5. The zero-order valence-electron chi connectivity index (χ0n) is 17.1. The molecule has 0 spiro atoms. The highest BCUT2D eigenvalue weighted by molar-refractivity contribution is 5.83. The number of ether oxygens (including phenoxy) is 1. The van der Waals surface area contributed by atoms with Crippen LogP contribution in [0.2, 0.25) is 0 Å². The Bertz CT molecular complexity index is 869. The van der Waals surface area contributed by atoms with Crippen LogP contribution in [-0.4, -0.2) is 53.6 Å². The van der Waals surface area contributed by atoms with Gasteiger partial charge in [-0.3, -0.25) is 4.79 Å². The maximum Gasteiger partial charge on any atom is 0.227 e. The summed E-state index contributed by atoms with van der Waals surface area (Å²) in [5.74, 6) is 1.88. The molecule has 28 heavy (non-hydrogen) atoms. The Kier molecular flexibility index (Phi) is 5.38. The number of benzene rings is 1. The summed E-state index contributed by atoms with van der Waals surface area (Å²) in [5, 5.41) is 1.04. The summed E-state index contributed by atoms with van der Waals surface area (Å²) in [7, 11) is 1.67. The third kappa shape index (κ3) is 3.64. The lowest BCUT2D eigenvalue weighted by molar-refractivity contribution is -0.139. The molecule has 3 heterocycles. The van der Waals surface area contributed by atoms with Crippen molar-refractivity contribution in [2.75, 3.05) is 31.6 Å². The lowest BCUT2D eigenvalue weighted by atomic mass is 9.94. The molecule has 2 aliphatic heterocycles. The molecule has 1 aromatic heterocycles. The first-order valence-corrected chi connectivity index (χ1v) is 10.4. The van der Waals surface area contributed by atoms with Crippen LogP contribution in [0.25, 0.3) is 10.9 Å². The normalized spacial score (nSPS) is 23.1. The summed E-state index contributed by atoms with van der Waals surface area (Å²) in [5.41, 5.74) is 1.85. The van der Waals surface area contributed by atoms with Crippen molar-refractivity contribution in [3.63, 3.8) is 0 Å². The van der Waals surface area contributed by atoms with Gasteiger partial charge in [-0.15, -0.1) is 0 Å². The van der Waals surface area contributed by atoms with Crippen LogP contribution >= 0.6 is 0 Å². The molecule has 6 heteroatoms. The summed E-state index contributed by atoms with van der Waals surface area (Å²) in [6, 6.07) is 6.26. The summed E-state index contributed by atoms with van der Waals surface area (Å²) < 4.78 is 5.35. The second-order valence-corrected chi connectivity index (χ2v) is 8.15. The lowest BCUT2D eigenvalue weighted by Gasteiger charge is -2.39. The number of carbonyl (C=O) groups excluding carboxylic acids is 1. The Morgan fingerprint density at radius 2 is 2.00 bits per heavy atom. The number of fused-ring (bicyclic) bond motifs is 1. The minimum atomic E-state index is 0.0409. The van der Waals surface area contributed by atoms with Gasteiger partial charge < -0.3 is 14.5 Å². The Morgan fingerprint density at radius 1 is 1.14 bits per heavy atom. The van der Waals surface area contributed by atoms with Crippen LogP contribution in [0.15, 0.2) is 18.2 Å². The predicted octanol–water partition coefficient (Wildman–Crippen LogP) is 3.56. The summed E-state index contributed by atoms with van der Waals surface area (Å²) in [4.78, 5) is 27.0. The quantitative estimate of drug-likeness (QED) is 0.812. The van der Waals surface area contributed by atoms with Gasteiger partial charge >= 0.3 is 0 Å². The Labute approximate surface area is 166 Å². The second-order valence-electron chi connectivity index (χ2n) is 8.15. The molecule has 0 radical (unpaired) electrons. The van der Waals surface area contributed by atoms with Gasteiger partial charge in [0.15, 0.2) is 0 Å². The number of methoxy groups -OCH3 is 1. The van der Waals surface area contributed by atoms with Crippen molar-refractivity contribution < 1.29 is 9.53 Å². The van der Waals surface area contributed by atoms with Crippen molar-refractivity contribution in [1.29, 1.82) is 0 Å². The molecule has 2 aliphatic rings. The first-order chi connectivity index (χ1) is 13.6. The van der Waals surface area contributed by atoms with Gasteiger partial charge in [0.25, 0.3) is 0 Å². The Morgan fingerprint density at radius 3 is 2.79 bits per heavy atom. The number of hydrogen-bond donors (Lipinski definition) is 0. The first-order valence-electron chi connectivity index (χ1n) is 10.4. The van der Waals surface area contributed by atoms with Crippen molar-refractivity contribution in [3.8, 4) is 5.75 Å². The van der Waals surface area contributed by atoms with Crippen LogP contribution in [0.5, 0.6) is 5.75 Å². The molecular weight excluding hydrogens is 352 g/mol. The fourth-order valence-corrected chi connectivity index (χ4v) is 4.54. The Hall–Kier alpha value is -2.37. The molecule has 2 saturated heterocycles. The topological polar surface area (TPSA) is 58.6 Å². The van der Waals surface area contributed by atoms with Crippen molar-refractivity contribution in [3.05, 3.63) is 23.9 Å². The first kappa shape index (κ1) is 19.0. The molecule has 0 saturated carbocycles. The zero-order chi connectivity index (χ0) is 19.7. The van der Waals surface area contributed by atoms with Crippen molar-refractivity contribution in [1.82, 2.24) is 14.9 Å². The van der Waals surface area contributed by atoms with E-state index in [1.165, 1.54) is 6.42 Å². The minimum Gasteiger partial charge on any atom is -0.497 e. The van der Waals surface area contributed by atoms with Gasteiger partial charge in [-0.2, -0.15) is 0 Å². The van der Waals surface area contributed by atoms with Crippen molar-refractivity contribution in [2.24, 2.45) is 5.92 Å². The number of rotatable bonds is 3. The average molecular weight is 383 g/mol. The van der Waals surface area contributed by atoms with Gasteiger partial charge in [-0.1, -0.05) is 0 Å². The highest BCUT2D eigenvalue weighted by Gasteiger charge is 2.33. The van der Waals surface area contributed by atoms with Gasteiger partial charge in [-0.05, 0) is 58.1 Å². The van der Waals surface area contributed by atoms with E-state index in [0.29, 0.717) is 18.5 Å². The van der Waals surface area contributed by atoms with E-state index in [0.717, 1.165) is 67.1 Å². The summed E-state index contributed by atoms with van der Waals surface area (Å²) in [6.07, 6.45) is 5.43. The van der Waals surface area contributed by atoms with Crippen molar-refractivity contribution >= 4 is 22.8 Å². The third-order valence-corrected chi connectivity index (χ3v) is 6.22. The van der Waals surface area contributed by atoms with Gasteiger partial charge in [0.1, 0.15) is 5.75 Å². The second kappa shape index (κ2) is 7.94. The van der Waals surface area contributed by atoms with E-state index >= 15 is 0 Å².